The number of hydrogen-bond donors (Lipinski definition) is 1. The molecule has 4 nitrogen and oxygen atoms in total. The fourth-order valence-corrected chi connectivity index (χ4v) is 1.14. The molecule has 0 radical (unpaired) electrons. The lowest BCUT2D eigenvalue weighted by Gasteiger charge is -2.35. The first kappa shape index (κ1) is 7.12. The summed E-state index contributed by atoms with van der Waals surface area (Å²) in [5.74, 6) is 0.615. The Morgan fingerprint density at radius 1 is 1.42 bits per heavy atom. The van der Waals surface area contributed by atoms with Gasteiger partial charge in [-0.15, -0.1) is 0 Å². The van der Waals surface area contributed by atoms with E-state index in [4.69, 9.17) is 0 Å². The van der Waals surface area contributed by atoms with Gasteiger partial charge < -0.3 is 10.4 Å². The van der Waals surface area contributed by atoms with Gasteiger partial charge in [-0.2, -0.15) is 0 Å². The minimum absolute atomic E-state index is 0.558. The summed E-state index contributed by atoms with van der Waals surface area (Å²) >= 11 is 0. The number of hydrogen-bond acceptors (Lipinski definition) is 4. The third-order valence-corrected chi connectivity index (χ3v) is 1.65. The van der Waals surface area contributed by atoms with E-state index in [1.54, 1.807) is 13.0 Å². The summed E-state index contributed by atoms with van der Waals surface area (Å²) in [6.07, 6.45) is 0. The van der Waals surface area contributed by atoms with Gasteiger partial charge in [-0.1, -0.05) is 12.1 Å². The molecule has 1 aromatic carbocycles. The van der Waals surface area contributed by atoms with Crippen LogP contribution in [0.4, 0.5) is 11.4 Å². The highest BCUT2D eigenvalue weighted by molar-refractivity contribution is 5.90. The Kier molecular flexibility index (Phi) is 1.48. The summed E-state index contributed by atoms with van der Waals surface area (Å²) in [5.41, 5.74) is 3.83. The van der Waals surface area contributed by atoms with Crippen molar-refractivity contribution >= 4 is 17.2 Å². The molecule has 1 N–H and O–H groups in total. The normalized spacial score (nSPS) is 14.8. The second-order valence-corrected chi connectivity index (χ2v) is 2.59. The molecule has 0 amide bonds. The number of nitrogens with one attached hydrogen (secondary N) is 1. The molecule has 0 saturated carbocycles. The van der Waals surface area contributed by atoms with E-state index in [9.17, 15) is 5.21 Å². The zero-order valence-electron chi connectivity index (χ0n) is 6.61. The van der Waals surface area contributed by atoms with Crippen LogP contribution in [-0.2, 0) is 0 Å². The maximum absolute atomic E-state index is 11.2. The Morgan fingerprint density at radius 2 is 2.17 bits per heavy atom. The van der Waals surface area contributed by atoms with Gasteiger partial charge in [-0.25, -0.2) is 4.99 Å². The summed E-state index contributed by atoms with van der Waals surface area (Å²) in [4.78, 5) is 4.16. The van der Waals surface area contributed by atoms with Crippen LogP contribution in [-0.4, -0.2) is 5.84 Å². The summed E-state index contributed by atoms with van der Waals surface area (Å²) < 4.78 is 0. The van der Waals surface area contributed by atoms with Crippen molar-refractivity contribution in [2.75, 3.05) is 5.17 Å². The van der Waals surface area contributed by atoms with Gasteiger partial charge in [0.2, 0.25) is 0 Å². The molecular formula is C8H8N3O-. The van der Waals surface area contributed by atoms with Crippen molar-refractivity contribution < 1.29 is 0 Å². The monoisotopic (exact) mass is 162 g/mol. The van der Waals surface area contributed by atoms with Crippen LogP contribution in [0.3, 0.4) is 0 Å². The van der Waals surface area contributed by atoms with Crippen LogP contribution in [0.25, 0.3) is 0 Å². The Morgan fingerprint density at radius 3 is 3.00 bits per heavy atom. The number of benzene rings is 1. The molecule has 0 atom stereocenters. The van der Waals surface area contributed by atoms with E-state index in [0.29, 0.717) is 17.2 Å². The van der Waals surface area contributed by atoms with E-state index in [0.717, 1.165) is 5.17 Å². The van der Waals surface area contributed by atoms with Crippen molar-refractivity contribution in [3.05, 3.63) is 29.5 Å². The predicted molar refractivity (Wildman–Crippen MR) is 48.2 cm³/mol. The summed E-state index contributed by atoms with van der Waals surface area (Å²) in [6, 6.07) is 7.20. The molecule has 1 aliphatic rings. The predicted octanol–water partition coefficient (Wildman–Crippen LogP) is 1.56. The highest BCUT2D eigenvalue weighted by Gasteiger charge is 2.07. The number of anilines is 1. The van der Waals surface area contributed by atoms with E-state index >= 15 is 0 Å². The largest absolute Gasteiger partial charge is 0.739 e. The molecule has 0 spiro atoms. The van der Waals surface area contributed by atoms with Crippen LogP contribution in [0.1, 0.15) is 6.92 Å². The topological polar surface area (TPSA) is 50.7 Å². The van der Waals surface area contributed by atoms with Crippen LogP contribution >= 0.6 is 0 Å². The average Bonchev–Trinajstić information content (AvgIpc) is 2.04. The van der Waals surface area contributed by atoms with Crippen LogP contribution in [0, 0.1) is 5.21 Å². The van der Waals surface area contributed by atoms with Gasteiger partial charge in [0, 0.05) is 0 Å². The minimum atomic E-state index is 0.558. The second kappa shape index (κ2) is 2.49. The summed E-state index contributed by atoms with van der Waals surface area (Å²) in [6.45, 7) is 1.75. The zero-order valence-corrected chi connectivity index (χ0v) is 6.61. The molecule has 4 heteroatoms. The summed E-state index contributed by atoms with van der Waals surface area (Å²) in [5, 5.41) is 11.9. The zero-order chi connectivity index (χ0) is 8.55. The highest BCUT2D eigenvalue weighted by Crippen LogP contribution is 2.28. The quantitative estimate of drug-likeness (QED) is 0.629. The standard InChI is InChI=1S/C8H8N3O/c1-6-9-7-4-2-3-5-8(7)11(12)10-6/h2-5H,1H3,(H,9,10)/q-1. The molecule has 0 fully saturated rings. The number of hydrazine groups is 1. The van der Waals surface area contributed by atoms with E-state index < -0.39 is 0 Å². The third-order valence-electron chi connectivity index (χ3n) is 1.65. The molecule has 62 valence electrons. The van der Waals surface area contributed by atoms with Gasteiger partial charge in [0.25, 0.3) is 0 Å². The molecule has 0 aromatic heterocycles. The number of fused-ring (bicyclic) bond motifs is 1. The fraction of sp³-hybridized carbons (Fsp3) is 0.125. The number of nitrogens with zero attached hydrogens (tertiary/aromatic N) is 2. The molecule has 2 rings (SSSR count). The highest BCUT2D eigenvalue weighted by atomic mass is 16.5. The van der Waals surface area contributed by atoms with Crippen LogP contribution < -0.4 is 10.6 Å². The summed E-state index contributed by atoms with van der Waals surface area (Å²) in [7, 11) is 0. The number of aliphatic imine (C=N–C) groups is 1. The number of amidine groups is 1. The Bertz CT molecular complexity index is 335. The second-order valence-electron chi connectivity index (χ2n) is 2.59. The van der Waals surface area contributed by atoms with E-state index in [1.165, 1.54) is 0 Å². The molecule has 1 heterocycles. The smallest absolute Gasteiger partial charge is 0.117 e. The van der Waals surface area contributed by atoms with Crippen molar-refractivity contribution in [3.8, 4) is 0 Å². The van der Waals surface area contributed by atoms with Gasteiger partial charge >= 0.3 is 0 Å². The SMILES string of the molecule is CC1=Nc2ccccc2N([O-])N1. The Hall–Kier alpha value is -1.55. The lowest BCUT2D eigenvalue weighted by atomic mass is 10.2. The van der Waals surface area contributed by atoms with Gasteiger partial charge in [0.1, 0.15) is 5.84 Å². The van der Waals surface area contributed by atoms with Gasteiger partial charge in [0.05, 0.1) is 11.4 Å². The van der Waals surface area contributed by atoms with Crippen LogP contribution in [0.15, 0.2) is 29.3 Å². The first-order valence-corrected chi connectivity index (χ1v) is 3.65. The Balaban J connectivity index is 2.55. The molecule has 0 bridgehead atoms. The van der Waals surface area contributed by atoms with Gasteiger partial charge in [-0.05, 0) is 19.1 Å². The molecule has 1 aromatic rings. The molecule has 0 unspecified atom stereocenters. The lowest BCUT2D eigenvalue weighted by Crippen LogP contribution is -2.38. The maximum atomic E-state index is 11.2. The number of para-hydroxylation sites is 2. The third kappa shape index (κ3) is 1.02. The van der Waals surface area contributed by atoms with E-state index in [1.807, 2.05) is 18.2 Å². The van der Waals surface area contributed by atoms with Crippen molar-refractivity contribution in [3.63, 3.8) is 0 Å². The maximum Gasteiger partial charge on any atom is 0.117 e. The fourth-order valence-electron chi connectivity index (χ4n) is 1.14. The molecular weight excluding hydrogens is 154 g/mol. The average molecular weight is 162 g/mol. The van der Waals surface area contributed by atoms with Gasteiger partial charge in [0.15, 0.2) is 0 Å². The van der Waals surface area contributed by atoms with Crippen molar-refractivity contribution in [1.29, 1.82) is 0 Å². The van der Waals surface area contributed by atoms with Crippen molar-refractivity contribution in [2.45, 2.75) is 6.92 Å². The minimum Gasteiger partial charge on any atom is -0.739 e. The Labute approximate surface area is 70.1 Å². The van der Waals surface area contributed by atoms with Crippen LogP contribution in [0.2, 0.25) is 0 Å². The molecule has 12 heavy (non-hydrogen) atoms. The first-order valence-electron chi connectivity index (χ1n) is 3.65. The molecule has 1 aliphatic heterocycles. The van der Waals surface area contributed by atoms with E-state index in [-0.39, 0.29) is 0 Å². The van der Waals surface area contributed by atoms with Gasteiger partial charge in [-0.3, -0.25) is 5.43 Å². The van der Waals surface area contributed by atoms with E-state index in [2.05, 4.69) is 10.4 Å². The molecule has 0 aliphatic carbocycles. The first-order chi connectivity index (χ1) is 5.77. The lowest BCUT2D eigenvalue weighted by molar-refractivity contribution is 0.905. The number of rotatable bonds is 0. The van der Waals surface area contributed by atoms with Crippen LogP contribution in [0.5, 0.6) is 0 Å². The van der Waals surface area contributed by atoms with Crippen molar-refractivity contribution in [2.24, 2.45) is 4.99 Å². The molecule has 0 saturated heterocycles. The van der Waals surface area contributed by atoms with Crippen molar-refractivity contribution in [1.82, 2.24) is 5.43 Å².